The zero-order valence-corrected chi connectivity index (χ0v) is 17.4. The molecule has 1 unspecified atom stereocenters. The maximum Gasteiger partial charge on any atom is 0.351 e. The van der Waals surface area contributed by atoms with Crippen molar-refractivity contribution in [3.05, 3.63) is 68.3 Å². The van der Waals surface area contributed by atoms with Crippen LogP contribution in [0, 0.1) is 17.0 Å². The number of nitro groups is 1. The molecule has 3 rings (SSSR count). The number of aromatic nitrogens is 2. The van der Waals surface area contributed by atoms with Crippen LogP contribution >= 0.6 is 22.9 Å². The second kappa shape index (κ2) is 8.97. The van der Waals surface area contributed by atoms with Crippen molar-refractivity contribution in [2.24, 2.45) is 0 Å². The number of rotatable bonds is 6. The molecule has 2 aromatic heterocycles. The second-order valence-corrected chi connectivity index (χ2v) is 7.51. The molecular formula is C19H15ClN4O5S. The molecule has 0 aliphatic carbocycles. The third-order valence-electron chi connectivity index (χ3n) is 3.94. The number of non-ortho nitro benzene ring substituents is 1. The van der Waals surface area contributed by atoms with Crippen molar-refractivity contribution >= 4 is 46.2 Å². The van der Waals surface area contributed by atoms with Crippen LogP contribution in [-0.2, 0) is 9.53 Å². The van der Waals surface area contributed by atoms with Crippen molar-refractivity contribution in [2.45, 2.75) is 20.0 Å². The zero-order valence-electron chi connectivity index (χ0n) is 15.8. The minimum absolute atomic E-state index is 0.00520. The van der Waals surface area contributed by atoms with Crippen LogP contribution in [0.25, 0.3) is 10.7 Å². The number of hydrogen-bond donors (Lipinski definition) is 1. The number of nitrogens with zero attached hydrogens (tertiary/aromatic N) is 3. The Bertz CT molecular complexity index is 1120. The number of ether oxygens (including phenoxy) is 1. The summed E-state index contributed by atoms with van der Waals surface area (Å²) in [5.41, 5.74) is 1.06. The van der Waals surface area contributed by atoms with E-state index in [4.69, 9.17) is 16.3 Å². The largest absolute Gasteiger partial charge is 0.448 e. The van der Waals surface area contributed by atoms with Gasteiger partial charge in [-0.3, -0.25) is 19.9 Å². The highest BCUT2D eigenvalue weighted by Crippen LogP contribution is 2.28. The van der Waals surface area contributed by atoms with E-state index in [0.29, 0.717) is 16.4 Å². The van der Waals surface area contributed by atoms with Gasteiger partial charge in [-0.1, -0.05) is 17.7 Å². The summed E-state index contributed by atoms with van der Waals surface area (Å²) in [4.78, 5) is 43.8. The molecule has 1 N–H and O–H groups in total. The lowest BCUT2D eigenvalue weighted by Gasteiger charge is -2.13. The highest BCUT2D eigenvalue weighted by molar-refractivity contribution is 7.17. The lowest BCUT2D eigenvalue weighted by molar-refractivity contribution is -0.384. The quantitative estimate of drug-likeness (QED) is 0.340. The SMILES string of the molecule is Cc1nc(-c2ccccn2)sc1C(=O)OC(C)C(=O)Nc1ccc([N+](=O)[O-])cc1Cl. The van der Waals surface area contributed by atoms with E-state index in [1.807, 2.05) is 6.07 Å². The molecule has 1 amide bonds. The topological polar surface area (TPSA) is 124 Å². The predicted octanol–water partition coefficient (Wildman–Crippen LogP) is 4.26. The summed E-state index contributed by atoms with van der Waals surface area (Å²) in [5.74, 6) is -1.32. The molecule has 0 saturated heterocycles. The molecule has 0 bridgehead atoms. The van der Waals surface area contributed by atoms with Crippen LogP contribution in [0.3, 0.4) is 0 Å². The van der Waals surface area contributed by atoms with E-state index >= 15 is 0 Å². The summed E-state index contributed by atoms with van der Waals surface area (Å²) >= 11 is 7.09. The lowest BCUT2D eigenvalue weighted by Crippen LogP contribution is -2.30. The Morgan fingerprint density at radius 2 is 2.07 bits per heavy atom. The van der Waals surface area contributed by atoms with Crippen molar-refractivity contribution in [2.75, 3.05) is 5.32 Å². The van der Waals surface area contributed by atoms with Gasteiger partial charge in [-0.25, -0.2) is 9.78 Å². The molecule has 2 heterocycles. The van der Waals surface area contributed by atoms with Crippen molar-refractivity contribution in [3.63, 3.8) is 0 Å². The number of anilines is 1. The van der Waals surface area contributed by atoms with Crippen LogP contribution in [0.2, 0.25) is 5.02 Å². The van der Waals surface area contributed by atoms with E-state index in [9.17, 15) is 19.7 Å². The van der Waals surface area contributed by atoms with E-state index in [1.54, 1.807) is 25.3 Å². The van der Waals surface area contributed by atoms with Crippen LogP contribution < -0.4 is 5.32 Å². The number of carbonyl (C=O) groups excluding carboxylic acids is 2. The Labute approximate surface area is 179 Å². The first kappa shape index (κ1) is 21.3. The Balaban J connectivity index is 1.68. The maximum absolute atomic E-state index is 12.5. The van der Waals surface area contributed by atoms with Crippen LogP contribution in [0.5, 0.6) is 0 Å². The number of esters is 1. The fourth-order valence-corrected chi connectivity index (χ4v) is 3.55. The first-order valence-electron chi connectivity index (χ1n) is 8.61. The highest BCUT2D eigenvalue weighted by atomic mass is 35.5. The van der Waals surface area contributed by atoms with Gasteiger partial charge in [-0.15, -0.1) is 11.3 Å². The summed E-state index contributed by atoms with van der Waals surface area (Å²) in [6.07, 6.45) is 0.489. The van der Waals surface area contributed by atoms with E-state index in [2.05, 4.69) is 15.3 Å². The Hall–Kier alpha value is -3.37. The van der Waals surface area contributed by atoms with E-state index < -0.39 is 22.9 Å². The monoisotopic (exact) mass is 446 g/mol. The van der Waals surface area contributed by atoms with Crippen LogP contribution in [0.4, 0.5) is 11.4 Å². The van der Waals surface area contributed by atoms with Gasteiger partial charge >= 0.3 is 5.97 Å². The third kappa shape index (κ3) is 4.78. The Morgan fingerprint density at radius 3 is 2.70 bits per heavy atom. The van der Waals surface area contributed by atoms with Gasteiger partial charge in [0, 0.05) is 18.3 Å². The van der Waals surface area contributed by atoms with Crippen molar-refractivity contribution < 1.29 is 19.2 Å². The molecule has 1 aromatic carbocycles. The van der Waals surface area contributed by atoms with E-state index in [0.717, 1.165) is 17.4 Å². The van der Waals surface area contributed by atoms with Gasteiger partial charge in [0.25, 0.3) is 11.6 Å². The van der Waals surface area contributed by atoms with Gasteiger partial charge in [0.05, 0.1) is 27.0 Å². The Kier molecular flexibility index (Phi) is 6.38. The minimum Gasteiger partial charge on any atom is -0.448 e. The van der Waals surface area contributed by atoms with Gasteiger partial charge in [0.1, 0.15) is 9.88 Å². The standard InChI is InChI=1S/C19H15ClN4O5S/c1-10-16(30-18(22-10)15-5-3-4-8-21-15)19(26)29-11(2)17(25)23-14-7-6-12(24(27)28)9-13(14)20/h3-9,11H,1-2H3,(H,23,25). The number of benzene rings is 1. The second-order valence-electron chi connectivity index (χ2n) is 6.11. The number of thiazole rings is 1. The zero-order chi connectivity index (χ0) is 21.8. The molecule has 11 heteroatoms. The fraction of sp³-hybridized carbons (Fsp3) is 0.158. The average Bonchev–Trinajstić information content (AvgIpc) is 3.11. The first-order valence-corrected chi connectivity index (χ1v) is 9.80. The first-order chi connectivity index (χ1) is 14.3. The molecule has 0 fully saturated rings. The molecule has 0 aliphatic rings. The third-order valence-corrected chi connectivity index (χ3v) is 5.41. The molecule has 154 valence electrons. The number of nitrogens with one attached hydrogen (secondary N) is 1. The van der Waals surface area contributed by atoms with Crippen LogP contribution in [0.15, 0.2) is 42.6 Å². The van der Waals surface area contributed by atoms with Gasteiger partial charge in [-0.05, 0) is 32.0 Å². The summed E-state index contributed by atoms with van der Waals surface area (Å²) in [5, 5.41) is 13.8. The normalized spacial score (nSPS) is 11.6. The van der Waals surface area contributed by atoms with Crippen molar-refractivity contribution in [1.29, 1.82) is 0 Å². The lowest BCUT2D eigenvalue weighted by atomic mass is 10.2. The fourth-order valence-electron chi connectivity index (χ4n) is 2.41. The number of pyridine rings is 1. The van der Waals surface area contributed by atoms with Gasteiger partial charge in [0.2, 0.25) is 0 Å². The number of hydrogen-bond acceptors (Lipinski definition) is 8. The summed E-state index contributed by atoms with van der Waals surface area (Å²) in [6, 6.07) is 8.99. The summed E-state index contributed by atoms with van der Waals surface area (Å²) < 4.78 is 5.25. The van der Waals surface area contributed by atoms with Gasteiger partial charge in [-0.2, -0.15) is 0 Å². The Morgan fingerprint density at radius 1 is 1.30 bits per heavy atom. The molecule has 1 atom stereocenters. The number of aryl methyl sites for hydroxylation is 1. The van der Waals surface area contributed by atoms with Gasteiger partial charge < -0.3 is 10.1 Å². The van der Waals surface area contributed by atoms with E-state index in [-0.39, 0.29) is 21.3 Å². The van der Waals surface area contributed by atoms with E-state index in [1.165, 1.54) is 19.1 Å². The molecule has 0 aliphatic heterocycles. The van der Waals surface area contributed by atoms with Gasteiger partial charge in [0.15, 0.2) is 6.10 Å². The molecule has 3 aromatic rings. The van der Waals surface area contributed by atoms with Crippen molar-refractivity contribution in [3.8, 4) is 10.7 Å². The molecule has 9 nitrogen and oxygen atoms in total. The maximum atomic E-state index is 12.5. The van der Waals surface area contributed by atoms with Crippen LogP contribution in [0.1, 0.15) is 22.3 Å². The highest BCUT2D eigenvalue weighted by Gasteiger charge is 2.24. The number of carbonyl (C=O) groups is 2. The number of amides is 1. The summed E-state index contributed by atoms with van der Waals surface area (Å²) in [6.45, 7) is 3.07. The summed E-state index contributed by atoms with van der Waals surface area (Å²) in [7, 11) is 0. The molecule has 0 spiro atoms. The van der Waals surface area contributed by atoms with Crippen molar-refractivity contribution in [1.82, 2.24) is 9.97 Å². The predicted molar refractivity (Wildman–Crippen MR) is 112 cm³/mol. The average molecular weight is 447 g/mol. The van der Waals surface area contributed by atoms with Crippen LogP contribution in [-0.4, -0.2) is 32.9 Å². The molecular weight excluding hydrogens is 432 g/mol. The number of nitro benzene ring substituents is 1. The minimum atomic E-state index is -1.14. The smallest absolute Gasteiger partial charge is 0.351 e. The molecule has 30 heavy (non-hydrogen) atoms. The molecule has 0 radical (unpaired) electrons. The number of halogens is 1. The molecule has 0 saturated carbocycles.